The Morgan fingerprint density at radius 3 is 2.67 bits per heavy atom. The Labute approximate surface area is 106 Å². The largest absolute Gasteiger partial charge is 0.396 e. The van der Waals surface area contributed by atoms with Crippen molar-refractivity contribution in [3.8, 4) is 0 Å². The number of nitro benzene ring substituents is 1. The van der Waals surface area contributed by atoms with Crippen LogP contribution >= 0.6 is 0 Å². The molecule has 1 aromatic carbocycles. The van der Waals surface area contributed by atoms with Gasteiger partial charge in [-0.3, -0.25) is 10.1 Å². The van der Waals surface area contributed by atoms with E-state index in [1.54, 1.807) is 13.0 Å². The van der Waals surface area contributed by atoms with E-state index >= 15 is 0 Å². The molecule has 1 fully saturated rings. The molecule has 1 saturated heterocycles. The summed E-state index contributed by atoms with van der Waals surface area (Å²) in [6.07, 6.45) is 1.78. The highest BCUT2D eigenvalue weighted by Crippen LogP contribution is 2.33. The van der Waals surface area contributed by atoms with Gasteiger partial charge in [0.1, 0.15) is 5.69 Å². The topological polar surface area (TPSA) is 66.6 Å². The Kier molecular flexibility index (Phi) is 3.81. The summed E-state index contributed by atoms with van der Waals surface area (Å²) < 4.78 is 0. The van der Waals surface area contributed by atoms with Crippen molar-refractivity contribution in [3.63, 3.8) is 0 Å². The van der Waals surface area contributed by atoms with Crippen LogP contribution in [-0.2, 0) is 0 Å². The minimum atomic E-state index is -0.303. The second-order valence-electron chi connectivity index (χ2n) is 4.81. The van der Waals surface area contributed by atoms with Crippen molar-refractivity contribution in [1.29, 1.82) is 0 Å². The maximum Gasteiger partial charge on any atom is 0.295 e. The van der Waals surface area contributed by atoms with E-state index in [-0.39, 0.29) is 17.2 Å². The summed E-state index contributed by atoms with van der Waals surface area (Å²) in [6, 6.07) is 5.43. The molecule has 0 bridgehead atoms. The molecule has 2 rings (SSSR count). The summed E-state index contributed by atoms with van der Waals surface area (Å²) in [5, 5.41) is 20.3. The molecule has 18 heavy (non-hydrogen) atoms. The first-order valence-electron chi connectivity index (χ1n) is 6.23. The van der Waals surface area contributed by atoms with Crippen molar-refractivity contribution in [1.82, 2.24) is 0 Å². The number of aliphatic hydroxyl groups is 1. The van der Waals surface area contributed by atoms with Crippen LogP contribution in [0.3, 0.4) is 0 Å². The van der Waals surface area contributed by atoms with Crippen LogP contribution in [0.4, 0.5) is 11.4 Å². The number of para-hydroxylation sites is 1. The standard InChI is InChI=1S/C13H18N2O3/c1-10-3-2-4-12(13(10)15(17)18)14-7-5-11(9-16)6-8-14/h2-4,11,16H,5-9H2,1H3. The number of aryl methyl sites for hydroxylation is 1. The zero-order chi connectivity index (χ0) is 13.1. The molecule has 0 aliphatic carbocycles. The molecule has 5 heteroatoms. The lowest BCUT2D eigenvalue weighted by atomic mass is 9.97. The van der Waals surface area contributed by atoms with Crippen molar-refractivity contribution in [2.75, 3.05) is 24.6 Å². The van der Waals surface area contributed by atoms with Crippen molar-refractivity contribution in [2.24, 2.45) is 5.92 Å². The molecule has 1 aromatic rings. The van der Waals surface area contributed by atoms with Gasteiger partial charge in [0.2, 0.25) is 0 Å². The SMILES string of the molecule is Cc1cccc(N2CCC(CO)CC2)c1[N+](=O)[O-]. The normalized spacial score (nSPS) is 16.9. The average molecular weight is 250 g/mol. The van der Waals surface area contributed by atoms with Crippen LogP contribution < -0.4 is 4.90 Å². The van der Waals surface area contributed by atoms with E-state index in [1.165, 1.54) is 0 Å². The summed E-state index contributed by atoms with van der Waals surface area (Å²) in [5.41, 5.74) is 1.61. The monoisotopic (exact) mass is 250 g/mol. The van der Waals surface area contributed by atoms with Crippen LogP contribution in [0.2, 0.25) is 0 Å². The first-order chi connectivity index (χ1) is 8.63. The molecule has 0 amide bonds. The zero-order valence-corrected chi connectivity index (χ0v) is 10.5. The summed E-state index contributed by atoms with van der Waals surface area (Å²) in [5.74, 6) is 0.338. The minimum Gasteiger partial charge on any atom is -0.396 e. The molecule has 0 atom stereocenters. The fourth-order valence-corrected chi connectivity index (χ4v) is 2.49. The maximum atomic E-state index is 11.1. The number of nitro groups is 1. The number of aliphatic hydroxyl groups excluding tert-OH is 1. The quantitative estimate of drug-likeness (QED) is 0.659. The molecule has 1 N–H and O–H groups in total. The molecule has 1 aliphatic rings. The van der Waals surface area contributed by atoms with E-state index in [0.717, 1.165) is 25.9 Å². The fourth-order valence-electron chi connectivity index (χ4n) is 2.49. The summed E-state index contributed by atoms with van der Waals surface area (Å²) in [4.78, 5) is 12.9. The highest BCUT2D eigenvalue weighted by Gasteiger charge is 2.25. The van der Waals surface area contributed by atoms with Gasteiger partial charge in [0, 0.05) is 25.3 Å². The molecule has 0 aromatic heterocycles. The van der Waals surface area contributed by atoms with Crippen LogP contribution in [-0.4, -0.2) is 29.7 Å². The molecule has 1 heterocycles. The van der Waals surface area contributed by atoms with Crippen molar-refractivity contribution in [3.05, 3.63) is 33.9 Å². The van der Waals surface area contributed by atoms with Crippen molar-refractivity contribution in [2.45, 2.75) is 19.8 Å². The highest BCUT2D eigenvalue weighted by atomic mass is 16.6. The van der Waals surface area contributed by atoms with Gasteiger partial charge in [-0.05, 0) is 31.7 Å². The fraction of sp³-hybridized carbons (Fsp3) is 0.538. The number of anilines is 1. The Morgan fingerprint density at radius 2 is 2.11 bits per heavy atom. The van der Waals surface area contributed by atoms with E-state index in [9.17, 15) is 10.1 Å². The Bertz CT molecular complexity index is 440. The number of hydrogen-bond donors (Lipinski definition) is 1. The van der Waals surface area contributed by atoms with Gasteiger partial charge in [-0.25, -0.2) is 0 Å². The number of nitrogens with zero attached hydrogens (tertiary/aromatic N) is 2. The molecular weight excluding hydrogens is 232 g/mol. The van der Waals surface area contributed by atoms with Crippen LogP contribution in [0.1, 0.15) is 18.4 Å². The average Bonchev–Trinajstić information content (AvgIpc) is 2.38. The number of hydrogen-bond acceptors (Lipinski definition) is 4. The summed E-state index contributed by atoms with van der Waals surface area (Å²) >= 11 is 0. The number of piperidine rings is 1. The second-order valence-corrected chi connectivity index (χ2v) is 4.81. The van der Waals surface area contributed by atoms with E-state index in [1.807, 2.05) is 12.1 Å². The van der Waals surface area contributed by atoms with Gasteiger partial charge in [-0.15, -0.1) is 0 Å². The van der Waals surface area contributed by atoms with Crippen LogP contribution in [0.25, 0.3) is 0 Å². The minimum absolute atomic E-state index is 0.208. The van der Waals surface area contributed by atoms with Gasteiger partial charge < -0.3 is 10.0 Å². The Balaban J connectivity index is 2.24. The smallest absolute Gasteiger partial charge is 0.295 e. The lowest BCUT2D eigenvalue weighted by molar-refractivity contribution is -0.384. The molecule has 5 nitrogen and oxygen atoms in total. The highest BCUT2D eigenvalue weighted by molar-refractivity contribution is 5.66. The number of rotatable bonds is 3. The first-order valence-corrected chi connectivity index (χ1v) is 6.23. The summed E-state index contributed by atoms with van der Waals surface area (Å²) in [6.45, 7) is 3.52. The van der Waals surface area contributed by atoms with Crippen LogP contribution in [0.15, 0.2) is 18.2 Å². The Morgan fingerprint density at radius 1 is 1.44 bits per heavy atom. The molecular formula is C13H18N2O3. The second kappa shape index (κ2) is 5.35. The lowest BCUT2D eigenvalue weighted by Crippen LogP contribution is -2.35. The molecule has 0 saturated carbocycles. The van der Waals surface area contributed by atoms with Crippen LogP contribution in [0.5, 0.6) is 0 Å². The molecule has 0 radical (unpaired) electrons. The van der Waals surface area contributed by atoms with Gasteiger partial charge >= 0.3 is 0 Å². The number of benzene rings is 1. The zero-order valence-electron chi connectivity index (χ0n) is 10.5. The molecule has 98 valence electrons. The molecule has 1 aliphatic heterocycles. The molecule has 0 spiro atoms. The van der Waals surface area contributed by atoms with Crippen molar-refractivity contribution < 1.29 is 10.0 Å². The Hall–Kier alpha value is -1.62. The van der Waals surface area contributed by atoms with Gasteiger partial charge in [0.05, 0.1) is 4.92 Å². The van der Waals surface area contributed by atoms with Gasteiger partial charge in [-0.1, -0.05) is 12.1 Å². The van der Waals surface area contributed by atoms with E-state index < -0.39 is 0 Å². The van der Waals surface area contributed by atoms with Crippen LogP contribution in [0, 0.1) is 23.0 Å². The van der Waals surface area contributed by atoms with E-state index in [2.05, 4.69) is 4.90 Å². The first kappa shape index (κ1) is 12.8. The molecule has 0 unspecified atom stereocenters. The third kappa shape index (κ3) is 2.46. The predicted octanol–water partition coefficient (Wildman–Crippen LogP) is 2.11. The van der Waals surface area contributed by atoms with Crippen molar-refractivity contribution >= 4 is 11.4 Å². The lowest BCUT2D eigenvalue weighted by Gasteiger charge is -2.32. The van der Waals surface area contributed by atoms with Gasteiger partial charge in [0.25, 0.3) is 5.69 Å². The van der Waals surface area contributed by atoms with E-state index in [0.29, 0.717) is 17.2 Å². The maximum absolute atomic E-state index is 11.1. The third-order valence-electron chi connectivity index (χ3n) is 3.61. The van der Waals surface area contributed by atoms with E-state index in [4.69, 9.17) is 5.11 Å². The van der Waals surface area contributed by atoms with Gasteiger partial charge in [-0.2, -0.15) is 0 Å². The predicted molar refractivity (Wildman–Crippen MR) is 69.9 cm³/mol. The summed E-state index contributed by atoms with van der Waals surface area (Å²) in [7, 11) is 0. The van der Waals surface area contributed by atoms with Gasteiger partial charge in [0.15, 0.2) is 0 Å². The third-order valence-corrected chi connectivity index (χ3v) is 3.61.